The van der Waals surface area contributed by atoms with E-state index in [1.54, 1.807) is 7.05 Å². The Kier molecular flexibility index (Phi) is 5.31. The van der Waals surface area contributed by atoms with Crippen LogP contribution in [0.15, 0.2) is 30.3 Å². The summed E-state index contributed by atoms with van der Waals surface area (Å²) in [6.07, 6.45) is 0.734. The Morgan fingerprint density at radius 3 is 2.80 bits per heavy atom. The van der Waals surface area contributed by atoms with Crippen LogP contribution in [-0.2, 0) is 0 Å². The van der Waals surface area contributed by atoms with E-state index in [0.717, 1.165) is 12.2 Å². The number of para-hydroxylation sites is 1. The third-order valence-electron chi connectivity index (χ3n) is 2.45. The molecule has 0 saturated carbocycles. The van der Waals surface area contributed by atoms with Crippen molar-refractivity contribution in [1.29, 1.82) is 0 Å². The monoisotopic (exact) mass is 292 g/mol. The lowest BCUT2D eigenvalue weighted by Crippen LogP contribution is -2.25. The third-order valence-corrected chi connectivity index (χ3v) is 3.39. The van der Waals surface area contributed by atoms with Crippen molar-refractivity contribution < 1.29 is 9.53 Å². The SMILES string of the molecule is CNc1nnc(C(=O)NCCCOc2ccccc2)s1. The maximum atomic E-state index is 11.7. The van der Waals surface area contributed by atoms with Crippen LogP contribution in [-0.4, -0.2) is 36.3 Å². The summed E-state index contributed by atoms with van der Waals surface area (Å²) in [6.45, 7) is 1.10. The van der Waals surface area contributed by atoms with Crippen LogP contribution in [0.25, 0.3) is 0 Å². The molecular weight excluding hydrogens is 276 g/mol. The van der Waals surface area contributed by atoms with E-state index in [1.165, 1.54) is 11.3 Å². The maximum Gasteiger partial charge on any atom is 0.282 e. The maximum absolute atomic E-state index is 11.7. The van der Waals surface area contributed by atoms with E-state index in [2.05, 4.69) is 20.8 Å². The van der Waals surface area contributed by atoms with Crippen LogP contribution in [0.3, 0.4) is 0 Å². The second-order valence-electron chi connectivity index (χ2n) is 3.93. The molecule has 0 radical (unpaired) electrons. The molecule has 0 aliphatic carbocycles. The van der Waals surface area contributed by atoms with Crippen molar-refractivity contribution in [2.45, 2.75) is 6.42 Å². The zero-order chi connectivity index (χ0) is 14.2. The Bertz CT molecular complexity index is 544. The van der Waals surface area contributed by atoms with Crippen LogP contribution in [0.1, 0.15) is 16.2 Å². The van der Waals surface area contributed by atoms with Gasteiger partial charge in [-0.25, -0.2) is 0 Å². The Balaban J connectivity index is 1.64. The molecular formula is C13H16N4O2S. The molecule has 0 unspecified atom stereocenters. The molecule has 2 aromatic rings. The number of rotatable bonds is 7. The van der Waals surface area contributed by atoms with Crippen molar-refractivity contribution >= 4 is 22.4 Å². The zero-order valence-corrected chi connectivity index (χ0v) is 11.9. The van der Waals surface area contributed by atoms with Gasteiger partial charge in [0.25, 0.3) is 5.91 Å². The lowest BCUT2D eigenvalue weighted by molar-refractivity contribution is 0.0950. The highest BCUT2D eigenvalue weighted by molar-refractivity contribution is 7.17. The van der Waals surface area contributed by atoms with E-state index < -0.39 is 0 Å². The van der Waals surface area contributed by atoms with Crippen LogP contribution in [0.5, 0.6) is 5.75 Å². The van der Waals surface area contributed by atoms with Crippen molar-refractivity contribution in [2.75, 3.05) is 25.5 Å². The number of nitrogens with zero attached hydrogens (tertiary/aromatic N) is 2. The molecule has 0 bridgehead atoms. The molecule has 0 atom stereocenters. The molecule has 0 fully saturated rings. The summed E-state index contributed by atoms with van der Waals surface area (Å²) >= 11 is 1.23. The first-order valence-electron chi connectivity index (χ1n) is 6.27. The van der Waals surface area contributed by atoms with Crippen molar-refractivity contribution in [1.82, 2.24) is 15.5 Å². The predicted molar refractivity (Wildman–Crippen MR) is 78.3 cm³/mol. The highest BCUT2D eigenvalue weighted by Crippen LogP contribution is 2.13. The summed E-state index contributed by atoms with van der Waals surface area (Å²) < 4.78 is 5.53. The highest BCUT2D eigenvalue weighted by atomic mass is 32.1. The quantitative estimate of drug-likeness (QED) is 0.761. The van der Waals surface area contributed by atoms with E-state index in [4.69, 9.17) is 4.74 Å². The highest BCUT2D eigenvalue weighted by Gasteiger charge is 2.11. The first kappa shape index (κ1) is 14.3. The Hall–Kier alpha value is -2.15. The molecule has 1 aromatic heterocycles. The number of carbonyl (C=O) groups is 1. The second-order valence-corrected chi connectivity index (χ2v) is 4.91. The van der Waals surface area contributed by atoms with Crippen molar-refractivity contribution in [3.63, 3.8) is 0 Å². The molecule has 7 heteroatoms. The topological polar surface area (TPSA) is 76.1 Å². The third kappa shape index (κ3) is 4.20. The molecule has 6 nitrogen and oxygen atoms in total. The summed E-state index contributed by atoms with van der Waals surface area (Å²) in [4.78, 5) is 11.7. The van der Waals surface area contributed by atoms with E-state index in [-0.39, 0.29) is 5.91 Å². The minimum absolute atomic E-state index is 0.205. The number of nitrogens with one attached hydrogen (secondary N) is 2. The van der Waals surface area contributed by atoms with Gasteiger partial charge in [0.15, 0.2) is 0 Å². The van der Waals surface area contributed by atoms with E-state index in [1.807, 2.05) is 30.3 Å². The van der Waals surface area contributed by atoms with E-state index in [9.17, 15) is 4.79 Å². The van der Waals surface area contributed by atoms with Crippen LogP contribution in [0, 0.1) is 0 Å². The molecule has 2 rings (SSSR count). The van der Waals surface area contributed by atoms with Crippen LogP contribution in [0.4, 0.5) is 5.13 Å². The van der Waals surface area contributed by atoms with Gasteiger partial charge in [0, 0.05) is 13.6 Å². The van der Waals surface area contributed by atoms with Gasteiger partial charge >= 0.3 is 0 Å². The Morgan fingerprint density at radius 2 is 2.10 bits per heavy atom. The zero-order valence-electron chi connectivity index (χ0n) is 11.1. The minimum Gasteiger partial charge on any atom is -0.494 e. The van der Waals surface area contributed by atoms with E-state index in [0.29, 0.717) is 23.3 Å². The van der Waals surface area contributed by atoms with Gasteiger partial charge in [-0.05, 0) is 18.6 Å². The smallest absolute Gasteiger partial charge is 0.282 e. The minimum atomic E-state index is -0.205. The summed E-state index contributed by atoms with van der Waals surface area (Å²) in [5.74, 6) is 0.630. The number of carbonyl (C=O) groups excluding carboxylic acids is 1. The molecule has 1 heterocycles. The lowest BCUT2D eigenvalue weighted by Gasteiger charge is -2.06. The normalized spacial score (nSPS) is 10.1. The summed E-state index contributed by atoms with van der Waals surface area (Å²) in [6, 6.07) is 9.59. The molecule has 106 valence electrons. The van der Waals surface area contributed by atoms with Crippen LogP contribution < -0.4 is 15.4 Å². The van der Waals surface area contributed by atoms with Gasteiger partial charge in [-0.15, -0.1) is 10.2 Å². The van der Waals surface area contributed by atoms with Crippen LogP contribution >= 0.6 is 11.3 Å². The van der Waals surface area contributed by atoms with Gasteiger partial charge < -0.3 is 15.4 Å². The molecule has 1 aromatic carbocycles. The summed E-state index contributed by atoms with van der Waals surface area (Å²) in [7, 11) is 1.74. The average Bonchev–Trinajstić information content (AvgIpc) is 2.97. The standard InChI is InChI=1S/C13H16N4O2S/c1-14-13-17-16-12(20-13)11(18)15-8-5-9-19-10-6-3-2-4-7-10/h2-4,6-7H,5,8-9H2,1H3,(H,14,17)(H,15,18). The van der Waals surface area contributed by atoms with Gasteiger partial charge in [0.1, 0.15) is 5.75 Å². The fraction of sp³-hybridized carbons (Fsp3) is 0.308. The van der Waals surface area contributed by atoms with Crippen molar-refractivity contribution in [2.24, 2.45) is 0 Å². The number of hydrogen-bond donors (Lipinski definition) is 2. The molecule has 2 N–H and O–H groups in total. The first-order valence-corrected chi connectivity index (χ1v) is 7.08. The van der Waals surface area contributed by atoms with Gasteiger partial charge in [0.05, 0.1) is 6.61 Å². The largest absolute Gasteiger partial charge is 0.494 e. The Labute approximate surface area is 121 Å². The number of anilines is 1. The fourth-order valence-electron chi connectivity index (χ4n) is 1.47. The molecule has 0 spiro atoms. The molecule has 0 saturated heterocycles. The molecule has 0 aliphatic heterocycles. The van der Waals surface area contributed by atoms with Crippen LogP contribution in [0.2, 0.25) is 0 Å². The van der Waals surface area contributed by atoms with Crippen molar-refractivity contribution in [3.8, 4) is 5.75 Å². The van der Waals surface area contributed by atoms with Gasteiger partial charge in [-0.3, -0.25) is 4.79 Å². The van der Waals surface area contributed by atoms with Gasteiger partial charge in [-0.2, -0.15) is 0 Å². The number of amides is 1. The summed E-state index contributed by atoms with van der Waals surface area (Å²) in [5, 5.41) is 14.2. The Morgan fingerprint density at radius 1 is 1.30 bits per heavy atom. The predicted octanol–water partition coefficient (Wildman–Crippen LogP) is 1.78. The first-order chi connectivity index (χ1) is 9.79. The summed E-state index contributed by atoms with van der Waals surface area (Å²) in [5.41, 5.74) is 0. The van der Waals surface area contributed by atoms with E-state index >= 15 is 0 Å². The average molecular weight is 292 g/mol. The number of benzene rings is 1. The van der Waals surface area contributed by atoms with Gasteiger partial charge in [-0.1, -0.05) is 29.5 Å². The molecule has 20 heavy (non-hydrogen) atoms. The molecule has 0 aliphatic rings. The number of aromatic nitrogens is 2. The van der Waals surface area contributed by atoms with Crippen molar-refractivity contribution in [3.05, 3.63) is 35.3 Å². The number of hydrogen-bond acceptors (Lipinski definition) is 6. The fourth-order valence-corrected chi connectivity index (χ4v) is 2.09. The lowest BCUT2D eigenvalue weighted by atomic mass is 10.3. The second kappa shape index (κ2) is 7.44. The number of ether oxygens (including phenoxy) is 1. The molecule has 1 amide bonds. The van der Waals surface area contributed by atoms with Gasteiger partial charge in [0.2, 0.25) is 10.1 Å².